The van der Waals surface area contributed by atoms with Gasteiger partial charge in [0, 0.05) is 6.54 Å². The van der Waals surface area contributed by atoms with Crippen molar-refractivity contribution in [2.24, 2.45) is 0 Å². The Labute approximate surface area is 87.6 Å². The lowest BCUT2D eigenvalue weighted by molar-refractivity contribution is -0.0935. The zero-order valence-electron chi connectivity index (χ0n) is 9.59. The monoisotopic (exact) mass is 197 g/mol. The lowest BCUT2D eigenvalue weighted by Crippen LogP contribution is -2.37. The van der Waals surface area contributed by atoms with Crippen LogP contribution in [0.5, 0.6) is 0 Å². The van der Waals surface area contributed by atoms with Gasteiger partial charge in [0.25, 0.3) is 0 Å². The summed E-state index contributed by atoms with van der Waals surface area (Å²) in [5.74, 6) is 0. The molecular weight excluding hydrogens is 174 g/mol. The van der Waals surface area contributed by atoms with Gasteiger partial charge in [-0.3, -0.25) is 0 Å². The van der Waals surface area contributed by atoms with E-state index in [1.165, 1.54) is 45.1 Å². The van der Waals surface area contributed by atoms with Crippen LogP contribution in [0.1, 0.15) is 45.4 Å². The molecule has 1 saturated heterocycles. The molecule has 14 heavy (non-hydrogen) atoms. The van der Waals surface area contributed by atoms with Gasteiger partial charge in [0.2, 0.25) is 0 Å². The number of ether oxygens (including phenoxy) is 1. The smallest absolute Gasteiger partial charge is 0.0687 e. The summed E-state index contributed by atoms with van der Waals surface area (Å²) in [6.45, 7) is 4.55. The third kappa shape index (κ3) is 2.12. The number of nitrogens with zero attached hydrogens (tertiary/aromatic N) is 1. The molecule has 2 aliphatic rings. The van der Waals surface area contributed by atoms with Gasteiger partial charge in [-0.05, 0) is 52.1 Å². The van der Waals surface area contributed by atoms with Crippen LogP contribution in [0.3, 0.4) is 0 Å². The zero-order chi connectivity index (χ0) is 10.0. The lowest BCUT2D eigenvalue weighted by Gasteiger charge is -2.38. The van der Waals surface area contributed by atoms with Crippen LogP contribution in [-0.4, -0.2) is 36.7 Å². The highest BCUT2D eigenvalue weighted by atomic mass is 16.5. The Morgan fingerprint density at radius 3 is 2.64 bits per heavy atom. The molecule has 1 aliphatic carbocycles. The minimum absolute atomic E-state index is 0.357. The van der Waals surface area contributed by atoms with Crippen molar-refractivity contribution >= 4 is 0 Å². The van der Waals surface area contributed by atoms with Crippen molar-refractivity contribution < 1.29 is 4.74 Å². The standard InChI is InChI=1S/C12H23NO/c1-3-13(2)10-6-11-5-9-12(14-11)7-4-8-12/h11H,3-10H2,1-2H3. The fourth-order valence-electron chi connectivity index (χ4n) is 2.56. The summed E-state index contributed by atoms with van der Waals surface area (Å²) >= 11 is 0. The summed E-state index contributed by atoms with van der Waals surface area (Å²) in [5, 5.41) is 0. The highest BCUT2D eigenvalue weighted by molar-refractivity contribution is 4.95. The molecule has 0 radical (unpaired) electrons. The maximum absolute atomic E-state index is 6.15. The van der Waals surface area contributed by atoms with Crippen LogP contribution in [0.2, 0.25) is 0 Å². The number of hydrogen-bond donors (Lipinski definition) is 0. The van der Waals surface area contributed by atoms with Gasteiger partial charge in [-0.15, -0.1) is 0 Å². The predicted octanol–water partition coefficient (Wildman–Crippen LogP) is 2.43. The quantitative estimate of drug-likeness (QED) is 0.686. The van der Waals surface area contributed by atoms with Crippen LogP contribution in [0, 0.1) is 0 Å². The largest absolute Gasteiger partial charge is 0.372 e. The third-order valence-electron chi connectivity index (χ3n) is 3.98. The van der Waals surface area contributed by atoms with Gasteiger partial charge >= 0.3 is 0 Å². The second kappa shape index (κ2) is 4.19. The van der Waals surface area contributed by atoms with E-state index in [0.717, 1.165) is 6.54 Å². The normalized spacial score (nSPS) is 29.8. The Kier molecular flexibility index (Phi) is 3.13. The van der Waals surface area contributed by atoms with Crippen molar-refractivity contribution in [3.8, 4) is 0 Å². The van der Waals surface area contributed by atoms with E-state index in [4.69, 9.17) is 4.74 Å². The fourth-order valence-corrected chi connectivity index (χ4v) is 2.56. The van der Waals surface area contributed by atoms with Crippen LogP contribution in [-0.2, 0) is 4.74 Å². The van der Waals surface area contributed by atoms with E-state index >= 15 is 0 Å². The number of hydrogen-bond acceptors (Lipinski definition) is 2. The molecule has 0 aromatic rings. The van der Waals surface area contributed by atoms with Crippen molar-refractivity contribution in [2.45, 2.75) is 57.2 Å². The molecule has 0 aromatic carbocycles. The summed E-state index contributed by atoms with van der Waals surface area (Å²) in [5.41, 5.74) is 0.357. The van der Waals surface area contributed by atoms with Gasteiger partial charge in [-0.25, -0.2) is 0 Å². The van der Waals surface area contributed by atoms with Gasteiger partial charge in [0.05, 0.1) is 11.7 Å². The van der Waals surface area contributed by atoms with Crippen molar-refractivity contribution in [2.75, 3.05) is 20.1 Å². The Hall–Kier alpha value is -0.0800. The molecule has 2 nitrogen and oxygen atoms in total. The van der Waals surface area contributed by atoms with Crippen molar-refractivity contribution in [3.63, 3.8) is 0 Å². The zero-order valence-corrected chi connectivity index (χ0v) is 9.59. The molecule has 0 N–H and O–H groups in total. The molecule has 1 heterocycles. The molecule has 1 unspecified atom stereocenters. The second-order valence-electron chi connectivity index (χ2n) is 5.00. The average Bonchev–Trinajstić information content (AvgIpc) is 2.58. The molecule has 0 amide bonds. The first kappa shape index (κ1) is 10.4. The van der Waals surface area contributed by atoms with Gasteiger partial charge < -0.3 is 9.64 Å². The molecule has 0 aromatic heterocycles. The molecule has 82 valence electrons. The summed E-state index contributed by atoms with van der Waals surface area (Å²) in [4.78, 5) is 2.37. The fraction of sp³-hybridized carbons (Fsp3) is 1.00. The van der Waals surface area contributed by atoms with Crippen LogP contribution >= 0.6 is 0 Å². The maximum atomic E-state index is 6.15. The van der Waals surface area contributed by atoms with E-state index in [1.54, 1.807) is 0 Å². The van der Waals surface area contributed by atoms with Crippen molar-refractivity contribution in [1.82, 2.24) is 4.90 Å². The van der Waals surface area contributed by atoms with Crippen molar-refractivity contribution in [3.05, 3.63) is 0 Å². The van der Waals surface area contributed by atoms with Crippen molar-refractivity contribution in [1.29, 1.82) is 0 Å². The highest BCUT2D eigenvalue weighted by Crippen LogP contribution is 2.46. The number of rotatable bonds is 4. The summed E-state index contributed by atoms with van der Waals surface area (Å²) in [7, 11) is 2.19. The SMILES string of the molecule is CCN(C)CCC1CCC2(CCC2)O1. The molecule has 0 bridgehead atoms. The first-order chi connectivity index (χ1) is 6.74. The van der Waals surface area contributed by atoms with E-state index in [1.807, 2.05) is 0 Å². The molecule has 2 rings (SSSR count). The maximum Gasteiger partial charge on any atom is 0.0687 e. The third-order valence-corrected chi connectivity index (χ3v) is 3.98. The second-order valence-corrected chi connectivity index (χ2v) is 5.00. The van der Waals surface area contributed by atoms with E-state index in [0.29, 0.717) is 11.7 Å². The summed E-state index contributed by atoms with van der Waals surface area (Å²) < 4.78 is 6.15. The first-order valence-corrected chi connectivity index (χ1v) is 6.10. The van der Waals surface area contributed by atoms with Crippen LogP contribution < -0.4 is 0 Å². The molecule has 1 aliphatic heterocycles. The topological polar surface area (TPSA) is 12.5 Å². The Bertz CT molecular complexity index is 189. The molecule has 2 fully saturated rings. The van der Waals surface area contributed by atoms with Gasteiger partial charge in [0.1, 0.15) is 0 Å². The summed E-state index contributed by atoms with van der Waals surface area (Å²) in [6.07, 6.45) is 8.46. The van der Waals surface area contributed by atoms with Gasteiger partial charge in [0.15, 0.2) is 0 Å². The Morgan fingerprint density at radius 1 is 1.36 bits per heavy atom. The van der Waals surface area contributed by atoms with Gasteiger partial charge in [-0.2, -0.15) is 0 Å². The molecule has 1 spiro atoms. The van der Waals surface area contributed by atoms with E-state index in [9.17, 15) is 0 Å². The minimum atomic E-state index is 0.357. The average molecular weight is 197 g/mol. The molecule has 2 heteroatoms. The van der Waals surface area contributed by atoms with E-state index in [-0.39, 0.29) is 0 Å². The van der Waals surface area contributed by atoms with E-state index < -0.39 is 0 Å². The summed E-state index contributed by atoms with van der Waals surface area (Å²) in [6, 6.07) is 0. The molecular formula is C12H23NO. The molecule has 1 saturated carbocycles. The first-order valence-electron chi connectivity index (χ1n) is 6.10. The van der Waals surface area contributed by atoms with Gasteiger partial charge in [-0.1, -0.05) is 6.92 Å². The Balaban J connectivity index is 1.68. The van der Waals surface area contributed by atoms with Crippen LogP contribution in [0.25, 0.3) is 0 Å². The Morgan fingerprint density at radius 2 is 2.14 bits per heavy atom. The predicted molar refractivity (Wildman–Crippen MR) is 58.5 cm³/mol. The molecule has 1 atom stereocenters. The van der Waals surface area contributed by atoms with Crippen LogP contribution in [0.4, 0.5) is 0 Å². The highest BCUT2D eigenvalue weighted by Gasteiger charge is 2.44. The van der Waals surface area contributed by atoms with E-state index in [2.05, 4.69) is 18.9 Å². The lowest BCUT2D eigenvalue weighted by atomic mass is 9.78. The minimum Gasteiger partial charge on any atom is -0.372 e. The van der Waals surface area contributed by atoms with Crippen LogP contribution in [0.15, 0.2) is 0 Å².